The minimum absolute atomic E-state index is 0.551. The quantitative estimate of drug-likeness (QED) is 0.401. The Bertz CT molecular complexity index is 1220. The second kappa shape index (κ2) is 7.98. The summed E-state index contributed by atoms with van der Waals surface area (Å²) in [5.41, 5.74) is 8.70. The number of pyridine rings is 1. The lowest BCUT2D eigenvalue weighted by Crippen LogP contribution is -2.31. The Hall–Kier alpha value is -3.07. The summed E-state index contributed by atoms with van der Waals surface area (Å²) in [4.78, 5) is 9.26. The Labute approximate surface area is 179 Å². The molecule has 2 heterocycles. The number of aromatic nitrogens is 3. The summed E-state index contributed by atoms with van der Waals surface area (Å²) < 4.78 is 2.25. The van der Waals surface area contributed by atoms with Gasteiger partial charge in [-0.05, 0) is 49.9 Å². The lowest BCUT2D eigenvalue weighted by Gasteiger charge is -2.13. The van der Waals surface area contributed by atoms with Crippen LogP contribution < -0.4 is 4.57 Å². The molecule has 3 heteroatoms. The Morgan fingerprint density at radius 2 is 1.57 bits per heavy atom. The van der Waals surface area contributed by atoms with E-state index in [1.54, 1.807) is 0 Å². The summed E-state index contributed by atoms with van der Waals surface area (Å²) in [6.45, 7) is 11.0. The maximum Gasteiger partial charge on any atom is 0.220 e. The molecule has 0 aliphatic rings. The highest BCUT2D eigenvalue weighted by Crippen LogP contribution is 2.34. The third kappa shape index (κ3) is 3.72. The topological polar surface area (TPSA) is 29.7 Å². The normalized spacial score (nSPS) is 11.4. The second-order valence-corrected chi connectivity index (χ2v) is 8.79. The molecule has 0 atom stereocenters. The lowest BCUT2D eigenvalue weighted by atomic mass is 9.93. The first-order valence-electron chi connectivity index (χ1n) is 10.7. The number of hydrogen-bond donors (Lipinski definition) is 0. The molecule has 2 aromatic heterocycles. The van der Waals surface area contributed by atoms with Crippen LogP contribution >= 0.6 is 0 Å². The van der Waals surface area contributed by atoms with Gasteiger partial charge in [-0.2, -0.15) is 4.57 Å². The van der Waals surface area contributed by atoms with Gasteiger partial charge in [0.1, 0.15) is 12.9 Å². The smallest absolute Gasteiger partial charge is 0.220 e. The van der Waals surface area contributed by atoms with Crippen LogP contribution in [0.2, 0.25) is 0 Å². The zero-order chi connectivity index (χ0) is 21.4. The summed E-state index contributed by atoms with van der Waals surface area (Å²) in [6, 6.07) is 13.2. The van der Waals surface area contributed by atoms with Gasteiger partial charge in [-0.1, -0.05) is 43.7 Å². The molecule has 0 N–H and O–H groups in total. The van der Waals surface area contributed by atoms with Crippen LogP contribution in [-0.4, -0.2) is 9.97 Å². The first-order chi connectivity index (χ1) is 14.3. The van der Waals surface area contributed by atoms with Gasteiger partial charge in [0, 0.05) is 29.8 Å². The van der Waals surface area contributed by atoms with Crippen molar-refractivity contribution in [1.29, 1.82) is 0 Å². The average Bonchev–Trinajstić information content (AvgIpc) is 2.71. The molecule has 2 aromatic carbocycles. The summed E-state index contributed by atoms with van der Waals surface area (Å²) in [6.07, 6.45) is 7.05. The van der Waals surface area contributed by atoms with Crippen LogP contribution in [-0.2, 0) is 13.5 Å². The van der Waals surface area contributed by atoms with Crippen molar-refractivity contribution in [2.75, 3.05) is 0 Å². The lowest BCUT2D eigenvalue weighted by molar-refractivity contribution is -0.658. The van der Waals surface area contributed by atoms with E-state index in [4.69, 9.17) is 0 Å². The van der Waals surface area contributed by atoms with Gasteiger partial charge in [0.15, 0.2) is 6.20 Å². The number of aryl methyl sites for hydroxylation is 3. The molecule has 0 spiro atoms. The number of hydrogen-bond acceptors (Lipinski definition) is 2. The highest BCUT2D eigenvalue weighted by atomic mass is 14.9. The molecular weight excluding hydrogens is 366 g/mol. The van der Waals surface area contributed by atoms with Gasteiger partial charge >= 0.3 is 0 Å². The molecule has 4 rings (SSSR count). The third-order valence-electron chi connectivity index (χ3n) is 5.82. The largest absolute Gasteiger partial charge is 0.241 e. The zero-order valence-corrected chi connectivity index (χ0v) is 18.8. The number of benzene rings is 2. The number of nitrogens with zero attached hydrogens (tertiary/aromatic N) is 3. The van der Waals surface area contributed by atoms with E-state index in [0.717, 1.165) is 23.4 Å². The maximum atomic E-state index is 4.63. The van der Waals surface area contributed by atoms with Crippen LogP contribution in [0.1, 0.15) is 36.4 Å². The highest BCUT2D eigenvalue weighted by molar-refractivity contribution is 6.02. The van der Waals surface area contributed by atoms with Crippen molar-refractivity contribution in [3.05, 3.63) is 77.5 Å². The van der Waals surface area contributed by atoms with Crippen molar-refractivity contribution in [3.63, 3.8) is 0 Å². The molecule has 0 radical (unpaired) electrons. The predicted octanol–water partition coefficient (Wildman–Crippen LogP) is 5.91. The van der Waals surface area contributed by atoms with E-state index in [9.17, 15) is 0 Å². The van der Waals surface area contributed by atoms with Gasteiger partial charge in [-0.3, -0.25) is 0 Å². The van der Waals surface area contributed by atoms with E-state index in [-0.39, 0.29) is 0 Å². The Kier molecular flexibility index (Phi) is 5.38. The van der Waals surface area contributed by atoms with E-state index in [0.29, 0.717) is 5.92 Å². The predicted molar refractivity (Wildman–Crippen MR) is 124 cm³/mol. The molecule has 4 aromatic rings. The summed E-state index contributed by atoms with van der Waals surface area (Å²) in [5.74, 6) is 1.46. The fourth-order valence-corrected chi connectivity index (χ4v) is 4.26. The molecule has 0 fully saturated rings. The zero-order valence-electron chi connectivity index (χ0n) is 18.8. The van der Waals surface area contributed by atoms with Crippen LogP contribution in [0.15, 0.2) is 55.0 Å². The molecule has 0 bridgehead atoms. The SMILES string of the molecule is Cc1cc(C)c(C)c(-c2c3ccccc3c(-c3cnc(CC(C)C)nc3)c[n+]2C)c1. The van der Waals surface area contributed by atoms with Crippen molar-refractivity contribution < 1.29 is 4.57 Å². The summed E-state index contributed by atoms with van der Waals surface area (Å²) in [7, 11) is 2.14. The van der Waals surface area contributed by atoms with Gasteiger partial charge in [0.25, 0.3) is 0 Å². The van der Waals surface area contributed by atoms with Crippen LogP contribution in [0.3, 0.4) is 0 Å². The third-order valence-corrected chi connectivity index (χ3v) is 5.82. The van der Waals surface area contributed by atoms with Crippen LogP contribution in [0.5, 0.6) is 0 Å². The van der Waals surface area contributed by atoms with Crippen LogP contribution in [0, 0.1) is 26.7 Å². The van der Waals surface area contributed by atoms with Gasteiger partial charge in [-0.15, -0.1) is 0 Å². The van der Waals surface area contributed by atoms with E-state index in [2.05, 4.69) is 98.8 Å². The van der Waals surface area contributed by atoms with Crippen molar-refractivity contribution in [3.8, 4) is 22.4 Å². The molecular formula is C27H30N3+. The van der Waals surface area contributed by atoms with Crippen LogP contribution in [0.4, 0.5) is 0 Å². The van der Waals surface area contributed by atoms with Gasteiger partial charge in [0.2, 0.25) is 5.69 Å². The molecule has 0 amide bonds. The summed E-state index contributed by atoms with van der Waals surface area (Å²) >= 11 is 0. The minimum Gasteiger partial charge on any atom is -0.241 e. The first kappa shape index (κ1) is 20.2. The van der Waals surface area contributed by atoms with Gasteiger partial charge in [0.05, 0.1) is 16.5 Å². The van der Waals surface area contributed by atoms with Crippen molar-refractivity contribution in [1.82, 2.24) is 9.97 Å². The molecule has 152 valence electrons. The summed E-state index contributed by atoms with van der Waals surface area (Å²) in [5, 5.41) is 2.47. The van der Waals surface area contributed by atoms with Gasteiger partial charge in [-0.25, -0.2) is 9.97 Å². The number of fused-ring (bicyclic) bond motifs is 1. The fourth-order valence-electron chi connectivity index (χ4n) is 4.26. The van der Waals surface area contributed by atoms with E-state index in [1.165, 1.54) is 38.7 Å². The van der Waals surface area contributed by atoms with Crippen molar-refractivity contribution >= 4 is 10.8 Å². The molecule has 0 saturated carbocycles. The van der Waals surface area contributed by atoms with E-state index < -0.39 is 0 Å². The molecule has 0 unspecified atom stereocenters. The second-order valence-electron chi connectivity index (χ2n) is 8.79. The van der Waals surface area contributed by atoms with Crippen LogP contribution in [0.25, 0.3) is 33.2 Å². The Balaban J connectivity index is 1.93. The van der Waals surface area contributed by atoms with E-state index in [1.807, 2.05) is 12.4 Å². The van der Waals surface area contributed by atoms with Crippen molar-refractivity contribution in [2.45, 2.75) is 41.0 Å². The monoisotopic (exact) mass is 396 g/mol. The highest BCUT2D eigenvalue weighted by Gasteiger charge is 2.21. The Morgan fingerprint density at radius 3 is 2.23 bits per heavy atom. The minimum atomic E-state index is 0.551. The molecule has 0 aliphatic heterocycles. The van der Waals surface area contributed by atoms with E-state index >= 15 is 0 Å². The van der Waals surface area contributed by atoms with Crippen molar-refractivity contribution in [2.24, 2.45) is 13.0 Å². The fraction of sp³-hybridized carbons (Fsp3) is 0.296. The molecule has 3 nitrogen and oxygen atoms in total. The Morgan fingerprint density at radius 1 is 0.900 bits per heavy atom. The number of rotatable bonds is 4. The molecule has 0 saturated heterocycles. The first-order valence-corrected chi connectivity index (χ1v) is 10.7. The average molecular weight is 397 g/mol. The maximum absolute atomic E-state index is 4.63. The standard InChI is InChI=1S/C27H30N3/c1-17(2)11-26-28-14-21(15-29-26)25-16-30(6)27(23-10-8-7-9-22(23)25)24-13-18(3)12-19(4)20(24)5/h7-10,12-17H,11H2,1-6H3/q+1. The molecule has 0 aliphatic carbocycles. The van der Waals surface area contributed by atoms with Gasteiger partial charge < -0.3 is 0 Å². The molecule has 30 heavy (non-hydrogen) atoms.